The monoisotopic (exact) mass is 335 g/mol. The fourth-order valence-electron chi connectivity index (χ4n) is 1.83. The molecule has 0 saturated carbocycles. The highest BCUT2D eigenvalue weighted by atomic mass is 28.3. The SMILES string of the molecule is CC(C)(C)OC(=O)n1cc(C#C[Si](C)(C)C)c([Si](C)(C)C)c1. The van der Waals surface area contributed by atoms with Gasteiger partial charge >= 0.3 is 6.09 Å². The fraction of sp³-hybridized carbons (Fsp3) is 0.588. The van der Waals surface area contributed by atoms with Crippen molar-refractivity contribution in [3.8, 4) is 11.5 Å². The highest BCUT2D eigenvalue weighted by molar-refractivity contribution is 6.89. The standard InChI is InChI=1S/C17H29NO2Si2/c1-17(2,3)20-16(19)18-12-14(10-11-21(4,5)6)15(13-18)22(7,8)9/h12-13H,1-9H3. The lowest BCUT2D eigenvalue weighted by Gasteiger charge is -2.19. The maximum Gasteiger partial charge on any atom is 0.418 e. The van der Waals surface area contributed by atoms with E-state index in [0.29, 0.717) is 0 Å². The number of aromatic nitrogens is 1. The van der Waals surface area contributed by atoms with Gasteiger partial charge in [0.1, 0.15) is 13.7 Å². The minimum absolute atomic E-state index is 0.340. The summed E-state index contributed by atoms with van der Waals surface area (Å²) in [6.45, 7) is 19.1. The van der Waals surface area contributed by atoms with Crippen LogP contribution in [0.25, 0.3) is 0 Å². The lowest BCUT2D eigenvalue weighted by molar-refractivity contribution is 0.0537. The topological polar surface area (TPSA) is 31.2 Å². The molecule has 0 spiro atoms. The zero-order chi connectivity index (χ0) is 17.3. The summed E-state index contributed by atoms with van der Waals surface area (Å²) < 4.78 is 7.00. The van der Waals surface area contributed by atoms with Crippen molar-refractivity contribution in [3.05, 3.63) is 18.0 Å². The van der Waals surface area contributed by atoms with Crippen LogP contribution in [0.3, 0.4) is 0 Å². The summed E-state index contributed by atoms with van der Waals surface area (Å²) in [7, 11) is -3.02. The second-order valence-corrected chi connectivity index (χ2v) is 18.5. The summed E-state index contributed by atoms with van der Waals surface area (Å²) in [5.41, 5.74) is 3.88. The molecule has 0 atom stereocenters. The van der Waals surface area contributed by atoms with Crippen LogP contribution < -0.4 is 5.19 Å². The van der Waals surface area contributed by atoms with E-state index < -0.39 is 21.7 Å². The highest BCUT2D eigenvalue weighted by Gasteiger charge is 2.25. The van der Waals surface area contributed by atoms with Gasteiger partial charge in [-0.05, 0) is 26.0 Å². The summed E-state index contributed by atoms with van der Waals surface area (Å²) in [6, 6.07) is 0. The summed E-state index contributed by atoms with van der Waals surface area (Å²) >= 11 is 0. The van der Waals surface area contributed by atoms with Crippen LogP contribution in [0.15, 0.2) is 12.4 Å². The molecular weight excluding hydrogens is 306 g/mol. The molecule has 0 saturated heterocycles. The van der Waals surface area contributed by atoms with Crippen LogP contribution >= 0.6 is 0 Å². The van der Waals surface area contributed by atoms with Crippen LogP contribution in [0.4, 0.5) is 4.79 Å². The number of hydrogen-bond acceptors (Lipinski definition) is 2. The molecule has 1 aromatic heterocycles. The minimum atomic E-state index is -1.57. The minimum Gasteiger partial charge on any atom is -0.443 e. The van der Waals surface area contributed by atoms with Crippen LogP contribution in [0.1, 0.15) is 26.3 Å². The molecule has 0 N–H and O–H groups in total. The molecule has 5 heteroatoms. The number of carbonyl (C=O) groups is 1. The summed E-state index contributed by atoms with van der Waals surface area (Å²) in [4.78, 5) is 12.3. The van der Waals surface area contributed by atoms with Gasteiger partial charge in [0.05, 0.1) is 8.07 Å². The first-order valence-corrected chi connectivity index (χ1v) is 14.7. The molecule has 0 aliphatic carbocycles. The van der Waals surface area contributed by atoms with E-state index in [4.69, 9.17) is 4.74 Å². The van der Waals surface area contributed by atoms with Crippen molar-refractivity contribution in [2.75, 3.05) is 0 Å². The Morgan fingerprint density at radius 2 is 1.64 bits per heavy atom. The average Bonchev–Trinajstić information content (AvgIpc) is 2.66. The lowest BCUT2D eigenvalue weighted by atomic mass is 10.2. The fourth-order valence-corrected chi connectivity index (χ4v) is 3.80. The number of ether oxygens (including phenoxy) is 1. The quantitative estimate of drug-likeness (QED) is 0.573. The van der Waals surface area contributed by atoms with Gasteiger partial charge in [0.25, 0.3) is 0 Å². The average molecular weight is 336 g/mol. The summed E-state index contributed by atoms with van der Waals surface area (Å²) in [6.07, 6.45) is 3.40. The number of nitrogens with zero attached hydrogens (tertiary/aromatic N) is 1. The van der Waals surface area contributed by atoms with E-state index in [9.17, 15) is 4.79 Å². The molecule has 0 aliphatic rings. The number of carbonyl (C=O) groups excluding carboxylic acids is 1. The molecule has 22 heavy (non-hydrogen) atoms. The van der Waals surface area contributed by atoms with Crippen LogP contribution in [-0.4, -0.2) is 32.4 Å². The van der Waals surface area contributed by atoms with Crippen molar-refractivity contribution in [3.63, 3.8) is 0 Å². The van der Waals surface area contributed by atoms with Gasteiger partial charge in [-0.1, -0.05) is 45.2 Å². The van der Waals surface area contributed by atoms with Crippen LogP contribution in [0.5, 0.6) is 0 Å². The first-order chi connectivity index (χ1) is 9.69. The zero-order valence-corrected chi connectivity index (χ0v) is 17.4. The molecule has 1 heterocycles. The molecule has 3 nitrogen and oxygen atoms in total. The van der Waals surface area contributed by atoms with Gasteiger partial charge in [0.2, 0.25) is 0 Å². The molecular formula is C17H29NO2Si2. The largest absolute Gasteiger partial charge is 0.443 e. The molecule has 1 rings (SSSR count). The second-order valence-electron chi connectivity index (χ2n) is 8.72. The van der Waals surface area contributed by atoms with Crippen molar-refractivity contribution in [2.24, 2.45) is 0 Å². The maximum absolute atomic E-state index is 12.3. The molecule has 0 radical (unpaired) electrons. The van der Waals surface area contributed by atoms with E-state index in [1.54, 1.807) is 4.57 Å². The van der Waals surface area contributed by atoms with Crippen molar-refractivity contribution in [1.82, 2.24) is 4.57 Å². The zero-order valence-electron chi connectivity index (χ0n) is 15.4. The van der Waals surface area contributed by atoms with Crippen LogP contribution in [0.2, 0.25) is 39.3 Å². The molecule has 0 aromatic carbocycles. The summed E-state index contributed by atoms with van der Waals surface area (Å²) in [5, 5.41) is 1.21. The third-order valence-electron chi connectivity index (χ3n) is 2.81. The number of rotatable bonds is 1. The van der Waals surface area contributed by atoms with Crippen molar-refractivity contribution in [2.45, 2.75) is 65.7 Å². The third-order valence-corrected chi connectivity index (χ3v) is 5.70. The van der Waals surface area contributed by atoms with Gasteiger partial charge in [-0.15, -0.1) is 5.54 Å². The van der Waals surface area contributed by atoms with Crippen molar-refractivity contribution in [1.29, 1.82) is 0 Å². The van der Waals surface area contributed by atoms with E-state index in [2.05, 4.69) is 50.7 Å². The maximum atomic E-state index is 12.3. The third kappa shape index (κ3) is 5.86. The molecule has 122 valence electrons. The van der Waals surface area contributed by atoms with Gasteiger partial charge in [-0.25, -0.2) is 4.79 Å². The number of hydrogen-bond donors (Lipinski definition) is 0. The van der Waals surface area contributed by atoms with Crippen molar-refractivity contribution < 1.29 is 9.53 Å². The van der Waals surface area contributed by atoms with Crippen molar-refractivity contribution >= 4 is 27.4 Å². The molecule has 0 aliphatic heterocycles. The van der Waals surface area contributed by atoms with Crippen LogP contribution in [0, 0.1) is 11.5 Å². The Morgan fingerprint density at radius 3 is 2.05 bits per heavy atom. The Bertz CT molecular complexity index is 614. The van der Waals surface area contributed by atoms with E-state index in [-0.39, 0.29) is 6.09 Å². The predicted octanol–water partition coefficient (Wildman–Crippen LogP) is 4.05. The first kappa shape index (κ1) is 18.8. The normalized spacial score (nSPS) is 12.6. The van der Waals surface area contributed by atoms with E-state index in [0.717, 1.165) is 5.56 Å². The Labute approximate surface area is 137 Å². The van der Waals surface area contributed by atoms with E-state index >= 15 is 0 Å². The predicted molar refractivity (Wildman–Crippen MR) is 99.3 cm³/mol. The van der Waals surface area contributed by atoms with Gasteiger partial charge < -0.3 is 4.74 Å². The molecule has 0 unspecified atom stereocenters. The molecule has 0 bridgehead atoms. The van der Waals surface area contributed by atoms with Gasteiger partial charge in [-0.2, -0.15) is 0 Å². The first-order valence-electron chi connectivity index (χ1n) is 7.68. The van der Waals surface area contributed by atoms with Crippen LogP contribution in [-0.2, 0) is 4.74 Å². The van der Waals surface area contributed by atoms with Gasteiger partial charge in [0.15, 0.2) is 0 Å². The Hall–Kier alpha value is -1.26. The Morgan fingerprint density at radius 1 is 1.09 bits per heavy atom. The Balaban J connectivity index is 3.27. The Kier molecular flexibility index (Phi) is 5.20. The lowest BCUT2D eigenvalue weighted by Crippen LogP contribution is -2.38. The van der Waals surface area contributed by atoms with Gasteiger partial charge in [0, 0.05) is 18.0 Å². The molecule has 1 aromatic rings. The second kappa shape index (κ2) is 6.09. The smallest absolute Gasteiger partial charge is 0.418 e. The van der Waals surface area contributed by atoms with E-state index in [1.807, 2.05) is 33.2 Å². The molecule has 0 fully saturated rings. The van der Waals surface area contributed by atoms with Gasteiger partial charge in [-0.3, -0.25) is 4.57 Å². The van der Waals surface area contributed by atoms with E-state index in [1.165, 1.54) is 5.19 Å². The summed E-state index contributed by atoms with van der Waals surface area (Å²) in [5.74, 6) is 3.32. The highest BCUT2D eigenvalue weighted by Crippen LogP contribution is 2.12. The molecule has 0 amide bonds.